The number of aromatic nitrogens is 1. The van der Waals surface area contributed by atoms with Gasteiger partial charge in [-0.1, -0.05) is 24.3 Å². The number of para-hydroxylation sites is 1. The minimum atomic E-state index is 0.0243. The maximum absolute atomic E-state index is 12.5. The Morgan fingerprint density at radius 3 is 2.27 bits per heavy atom. The van der Waals surface area contributed by atoms with E-state index in [4.69, 9.17) is 4.74 Å². The summed E-state index contributed by atoms with van der Waals surface area (Å²) in [4.78, 5) is 12.5. The Labute approximate surface area is 129 Å². The second-order valence-electron chi connectivity index (χ2n) is 5.28. The Kier molecular flexibility index (Phi) is 3.72. The van der Waals surface area contributed by atoms with Gasteiger partial charge in [-0.25, -0.2) is 0 Å². The van der Waals surface area contributed by atoms with Crippen LogP contribution in [-0.2, 0) is 0 Å². The van der Waals surface area contributed by atoms with Crippen LogP contribution in [0.4, 0.5) is 0 Å². The Morgan fingerprint density at radius 1 is 0.909 bits per heavy atom. The van der Waals surface area contributed by atoms with Crippen LogP contribution in [0, 0.1) is 13.8 Å². The lowest BCUT2D eigenvalue weighted by atomic mass is 10.2. The van der Waals surface area contributed by atoms with E-state index in [2.05, 4.69) is 4.57 Å². The minimum absolute atomic E-state index is 0.0243. The van der Waals surface area contributed by atoms with Crippen LogP contribution in [0.15, 0.2) is 53.3 Å². The maximum Gasteiger partial charge on any atom is 0.188 e. The van der Waals surface area contributed by atoms with Crippen molar-refractivity contribution in [3.63, 3.8) is 0 Å². The lowest BCUT2D eigenvalue weighted by Gasteiger charge is -2.09. The largest absolute Gasteiger partial charge is 0.493 e. The molecule has 112 valence electrons. The number of hydrogen-bond acceptors (Lipinski definition) is 2. The first-order valence-corrected chi connectivity index (χ1v) is 7.48. The van der Waals surface area contributed by atoms with Gasteiger partial charge in [0.25, 0.3) is 0 Å². The predicted octanol–water partition coefficient (Wildman–Crippen LogP) is 4.01. The molecule has 3 heteroatoms. The van der Waals surface area contributed by atoms with Crippen molar-refractivity contribution in [1.29, 1.82) is 0 Å². The molecule has 0 amide bonds. The van der Waals surface area contributed by atoms with Crippen LogP contribution in [0.2, 0.25) is 0 Å². The number of nitrogens with zero attached hydrogens (tertiary/aromatic N) is 1. The van der Waals surface area contributed by atoms with E-state index in [0.717, 1.165) is 33.6 Å². The molecule has 3 aromatic rings. The standard InChI is InChI=1S/C19H19NO2/c1-4-22-17-12-8-11-16(21)18-13(2)20(14(3)19(17)18)15-9-6-5-7-10-15/h5-12H,4H2,1-3H3. The van der Waals surface area contributed by atoms with E-state index in [9.17, 15) is 4.79 Å². The normalized spacial score (nSPS) is 10.9. The molecule has 0 fully saturated rings. The van der Waals surface area contributed by atoms with E-state index in [1.807, 2.05) is 57.2 Å². The first-order chi connectivity index (χ1) is 10.6. The highest BCUT2D eigenvalue weighted by Crippen LogP contribution is 2.32. The van der Waals surface area contributed by atoms with Crippen molar-refractivity contribution in [3.8, 4) is 11.4 Å². The highest BCUT2D eigenvalue weighted by Gasteiger charge is 2.17. The molecule has 0 N–H and O–H groups in total. The van der Waals surface area contributed by atoms with Gasteiger partial charge in [-0.2, -0.15) is 0 Å². The Hall–Kier alpha value is -2.55. The molecule has 1 heterocycles. The summed E-state index contributed by atoms with van der Waals surface area (Å²) in [6, 6.07) is 15.3. The van der Waals surface area contributed by atoms with Gasteiger partial charge in [-0.3, -0.25) is 4.79 Å². The number of benzene rings is 1. The van der Waals surface area contributed by atoms with Crippen molar-refractivity contribution < 1.29 is 4.74 Å². The predicted molar refractivity (Wildman–Crippen MR) is 90.2 cm³/mol. The Bertz CT molecular complexity index is 879. The third-order valence-electron chi connectivity index (χ3n) is 3.95. The summed E-state index contributed by atoms with van der Waals surface area (Å²) in [6.45, 7) is 6.54. The molecule has 22 heavy (non-hydrogen) atoms. The highest BCUT2D eigenvalue weighted by molar-refractivity contribution is 5.93. The summed E-state index contributed by atoms with van der Waals surface area (Å²) in [5.74, 6) is 0.759. The second kappa shape index (κ2) is 5.68. The van der Waals surface area contributed by atoms with Crippen LogP contribution in [0.25, 0.3) is 16.5 Å². The first kappa shape index (κ1) is 14.4. The molecule has 3 rings (SSSR count). The maximum atomic E-state index is 12.5. The fourth-order valence-electron chi connectivity index (χ4n) is 3.07. The number of aryl methyl sites for hydroxylation is 2. The summed E-state index contributed by atoms with van der Waals surface area (Å²) in [5.41, 5.74) is 3.05. The van der Waals surface area contributed by atoms with Crippen LogP contribution in [-0.4, -0.2) is 11.2 Å². The zero-order chi connectivity index (χ0) is 15.7. The Morgan fingerprint density at radius 2 is 1.59 bits per heavy atom. The van der Waals surface area contributed by atoms with E-state index in [0.29, 0.717) is 6.61 Å². The van der Waals surface area contributed by atoms with Gasteiger partial charge in [0.1, 0.15) is 5.75 Å². The van der Waals surface area contributed by atoms with E-state index < -0.39 is 0 Å². The molecule has 0 spiro atoms. The van der Waals surface area contributed by atoms with Gasteiger partial charge >= 0.3 is 0 Å². The van der Waals surface area contributed by atoms with Crippen molar-refractivity contribution in [1.82, 2.24) is 4.57 Å². The monoisotopic (exact) mass is 293 g/mol. The molecule has 0 saturated heterocycles. The summed E-state index contributed by atoms with van der Waals surface area (Å²) in [7, 11) is 0. The van der Waals surface area contributed by atoms with E-state index in [1.54, 1.807) is 12.1 Å². The smallest absolute Gasteiger partial charge is 0.188 e. The zero-order valence-electron chi connectivity index (χ0n) is 13.1. The number of fused-ring (bicyclic) bond motifs is 1. The highest BCUT2D eigenvalue weighted by atomic mass is 16.5. The number of hydrogen-bond donors (Lipinski definition) is 0. The van der Waals surface area contributed by atoms with Gasteiger partial charge in [0.05, 0.1) is 12.0 Å². The van der Waals surface area contributed by atoms with Crippen molar-refractivity contribution in [3.05, 3.63) is 70.1 Å². The molecular weight excluding hydrogens is 274 g/mol. The van der Waals surface area contributed by atoms with E-state index in [1.165, 1.54) is 0 Å². The quantitative estimate of drug-likeness (QED) is 0.730. The van der Waals surface area contributed by atoms with Crippen molar-refractivity contribution in [2.75, 3.05) is 6.61 Å². The topological polar surface area (TPSA) is 31.2 Å². The van der Waals surface area contributed by atoms with E-state index >= 15 is 0 Å². The molecule has 2 aromatic carbocycles. The summed E-state index contributed by atoms with van der Waals surface area (Å²) in [6.07, 6.45) is 0. The van der Waals surface area contributed by atoms with Gasteiger partial charge in [-0.15, -0.1) is 0 Å². The average molecular weight is 293 g/mol. The second-order valence-corrected chi connectivity index (χ2v) is 5.28. The molecule has 0 bridgehead atoms. The third-order valence-corrected chi connectivity index (χ3v) is 3.95. The fourth-order valence-corrected chi connectivity index (χ4v) is 3.07. The molecule has 0 aliphatic rings. The minimum Gasteiger partial charge on any atom is -0.493 e. The third kappa shape index (κ3) is 2.19. The molecule has 1 aromatic heterocycles. The Balaban J connectivity index is 2.46. The SMILES string of the molecule is CCOc1cccc(=O)c2c(C)n(-c3ccccc3)c(C)c12. The van der Waals surface area contributed by atoms with Crippen LogP contribution in [0.1, 0.15) is 18.3 Å². The van der Waals surface area contributed by atoms with Crippen molar-refractivity contribution in [2.45, 2.75) is 20.8 Å². The van der Waals surface area contributed by atoms with Gasteiger partial charge in [0, 0.05) is 22.5 Å². The van der Waals surface area contributed by atoms with Gasteiger partial charge in [0.15, 0.2) is 5.43 Å². The van der Waals surface area contributed by atoms with Crippen molar-refractivity contribution >= 4 is 10.8 Å². The molecule has 3 nitrogen and oxygen atoms in total. The van der Waals surface area contributed by atoms with Crippen LogP contribution >= 0.6 is 0 Å². The molecule has 0 aliphatic heterocycles. The zero-order valence-corrected chi connectivity index (χ0v) is 13.1. The van der Waals surface area contributed by atoms with Gasteiger partial charge in [-0.05, 0) is 45.0 Å². The molecule has 0 atom stereocenters. The number of rotatable bonds is 3. The molecule has 0 radical (unpaired) electrons. The van der Waals surface area contributed by atoms with Gasteiger partial charge < -0.3 is 9.30 Å². The van der Waals surface area contributed by atoms with Crippen LogP contribution in [0.3, 0.4) is 0 Å². The first-order valence-electron chi connectivity index (χ1n) is 7.48. The molecule has 0 unspecified atom stereocenters. The summed E-state index contributed by atoms with van der Waals surface area (Å²) < 4.78 is 7.89. The van der Waals surface area contributed by atoms with Gasteiger partial charge in [0.2, 0.25) is 0 Å². The van der Waals surface area contributed by atoms with Crippen LogP contribution < -0.4 is 10.2 Å². The summed E-state index contributed by atoms with van der Waals surface area (Å²) in [5, 5.41) is 1.63. The number of ether oxygens (including phenoxy) is 1. The van der Waals surface area contributed by atoms with E-state index in [-0.39, 0.29) is 5.43 Å². The fraction of sp³-hybridized carbons (Fsp3) is 0.211. The molecule has 0 saturated carbocycles. The molecular formula is C19H19NO2. The lowest BCUT2D eigenvalue weighted by molar-refractivity contribution is 0.344. The molecule has 0 aliphatic carbocycles. The van der Waals surface area contributed by atoms with Crippen LogP contribution in [0.5, 0.6) is 5.75 Å². The van der Waals surface area contributed by atoms with Crippen molar-refractivity contribution in [2.24, 2.45) is 0 Å². The average Bonchev–Trinajstić information content (AvgIpc) is 2.66. The summed E-state index contributed by atoms with van der Waals surface area (Å²) >= 11 is 0. The lowest BCUT2D eigenvalue weighted by Crippen LogP contribution is -2.00.